The Morgan fingerprint density at radius 3 is 2.76 bits per heavy atom. The number of nitrogens with zero attached hydrogens (tertiary/aromatic N) is 1. The van der Waals surface area contributed by atoms with Gasteiger partial charge in [0, 0.05) is 10.0 Å². The fourth-order valence-corrected chi connectivity index (χ4v) is 2.26. The smallest absolute Gasteiger partial charge is 0.173 e. The van der Waals surface area contributed by atoms with Crippen molar-refractivity contribution in [2.24, 2.45) is 10.9 Å². The SMILES string of the molecule is N/C(=N/O)c1cc(Br)ccc1OCc1ccc(F)cc1Cl. The average Bonchev–Trinajstić information content (AvgIpc) is 2.46. The van der Waals surface area contributed by atoms with Crippen LogP contribution in [0, 0.1) is 5.82 Å². The van der Waals surface area contributed by atoms with Crippen LogP contribution in [0.1, 0.15) is 11.1 Å². The van der Waals surface area contributed by atoms with E-state index >= 15 is 0 Å². The molecule has 0 unspecified atom stereocenters. The van der Waals surface area contributed by atoms with Crippen molar-refractivity contribution in [2.75, 3.05) is 0 Å². The molecule has 0 radical (unpaired) electrons. The maximum absolute atomic E-state index is 13.0. The second-order valence-corrected chi connectivity index (χ2v) is 5.47. The van der Waals surface area contributed by atoms with Crippen LogP contribution >= 0.6 is 27.5 Å². The summed E-state index contributed by atoms with van der Waals surface area (Å²) < 4.78 is 19.4. The van der Waals surface area contributed by atoms with E-state index < -0.39 is 5.82 Å². The van der Waals surface area contributed by atoms with E-state index in [0.29, 0.717) is 16.9 Å². The molecule has 0 spiro atoms. The van der Waals surface area contributed by atoms with Gasteiger partial charge in [-0.3, -0.25) is 0 Å². The Morgan fingerprint density at radius 2 is 2.10 bits per heavy atom. The number of ether oxygens (including phenoxy) is 1. The summed E-state index contributed by atoms with van der Waals surface area (Å²) in [6.07, 6.45) is 0. The summed E-state index contributed by atoms with van der Waals surface area (Å²) in [5.74, 6) is -0.0601. The molecule has 21 heavy (non-hydrogen) atoms. The van der Waals surface area contributed by atoms with Crippen molar-refractivity contribution in [3.05, 3.63) is 62.8 Å². The Bertz CT molecular complexity index is 695. The Balaban J connectivity index is 2.24. The Kier molecular flexibility index (Phi) is 5.03. The molecule has 2 rings (SSSR count). The maximum Gasteiger partial charge on any atom is 0.173 e. The van der Waals surface area contributed by atoms with E-state index in [1.54, 1.807) is 24.3 Å². The third kappa shape index (κ3) is 3.86. The van der Waals surface area contributed by atoms with E-state index in [2.05, 4.69) is 21.1 Å². The third-order valence-electron chi connectivity index (χ3n) is 2.72. The lowest BCUT2D eigenvalue weighted by Gasteiger charge is -2.12. The molecule has 4 nitrogen and oxygen atoms in total. The molecule has 0 aromatic heterocycles. The van der Waals surface area contributed by atoms with Gasteiger partial charge in [0.05, 0.1) is 10.6 Å². The standard InChI is InChI=1S/C14H11BrClFN2O2/c15-9-2-4-13(11(5-9)14(18)19-20)21-7-8-1-3-10(17)6-12(8)16/h1-6,20H,7H2,(H2,18,19). The van der Waals surface area contributed by atoms with Gasteiger partial charge in [-0.15, -0.1) is 0 Å². The lowest BCUT2D eigenvalue weighted by atomic mass is 10.2. The highest BCUT2D eigenvalue weighted by atomic mass is 79.9. The zero-order valence-corrected chi connectivity index (χ0v) is 13.0. The Labute approximate surface area is 134 Å². The average molecular weight is 374 g/mol. The van der Waals surface area contributed by atoms with Gasteiger partial charge in [0.15, 0.2) is 5.84 Å². The molecule has 0 amide bonds. The van der Waals surface area contributed by atoms with Gasteiger partial charge in [-0.1, -0.05) is 38.8 Å². The van der Waals surface area contributed by atoms with Crippen molar-refractivity contribution in [1.82, 2.24) is 0 Å². The minimum Gasteiger partial charge on any atom is -0.488 e. The van der Waals surface area contributed by atoms with Crippen LogP contribution in [0.4, 0.5) is 4.39 Å². The molecule has 0 bridgehead atoms. The molecule has 0 saturated carbocycles. The van der Waals surface area contributed by atoms with Crippen molar-refractivity contribution in [2.45, 2.75) is 6.61 Å². The minimum absolute atomic E-state index is 0.0727. The topological polar surface area (TPSA) is 67.8 Å². The Hall–Kier alpha value is -1.79. The molecule has 0 fully saturated rings. The molecule has 0 heterocycles. The summed E-state index contributed by atoms with van der Waals surface area (Å²) >= 11 is 9.23. The summed E-state index contributed by atoms with van der Waals surface area (Å²) in [6.45, 7) is 0.131. The van der Waals surface area contributed by atoms with E-state index in [1.807, 2.05) is 0 Å². The van der Waals surface area contributed by atoms with Crippen molar-refractivity contribution >= 4 is 33.4 Å². The first kappa shape index (κ1) is 15.6. The fourth-order valence-electron chi connectivity index (χ4n) is 1.68. The van der Waals surface area contributed by atoms with Gasteiger partial charge in [-0.05, 0) is 30.3 Å². The van der Waals surface area contributed by atoms with Gasteiger partial charge < -0.3 is 15.7 Å². The van der Waals surface area contributed by atoms with Crippen LogP contribution in [0.2, 0.25) is 5.02 Å². The number of oxime groups is 1. The van der Waals surface area contributed by atoms with Crippen molar-refractivity contribution in [3.8, 4) is 5.75 Å². The quantitative estimate of drug-likeness (QED) is 0.369. The monoisotopic (exact) mass is 372 g/mol. The molecule has 7 heteroatoms. The maximum atomic E-state index is 13.0. The van der Waals surface area contributed by atoms with Crippen LogP contribution in [-0.2, 0) is 6.61 Å². The normalized spacial score (nSPS) is 11.5. The highest BCUT2D eigenvalue weighted by Gasteiger charge is 2.10. The minimum atomic E-state index is -0.412. The van der Waals surface area contributed by atoms with E-state index in [4.69, 9.17) is 27.3 Å². The lowest BCUT2D eigenvalue weighted by molar-refractivity contribution is 0.303. The fraction of sp³-hybridized carbons (Fsp3) is 0.0714. The van der Waals surface area contributed by atoms with Crippen LogP contribution in [-0.4, -0.2) is 11.0 Å². The number of benzene rings is 2. The van der Waals surface area contributed by atoms with Gasteiger partial charge in [-0.25, -0.2) is 4.39 Å². The molecule has 0 aliphatic carbocycles. The number of rotatable bonds is 4. The number of hydrogen-bond acceptors (Lipinski definition) is 3. The first-order chi connectivity index (χ1) is 10.0. The van der Waals surface area contributed by atoms with Crippen LogP contribution in [0.5, 0.6) is 5.75 Å². The molecular formula is C14H11BrClFN2O2. The molecule has 0 aliphatic heterocycles. The van der Waals surface area contributed by atoms with Crippen LogP contribution in [0.3, 0.4) is 0 Å². The van der Waals surface area contributed by atoms with Gasteiger partial charge in [-0.2, -0.15) is 0 Å². The molecular weight excluding hydrogens is 363 g/mol. The molecule has 0 aliphatic rings. The van der Waals surface area contributed by atoms with Crippen LogP contribution < -0.4 is 10.5 Å². The molecule has 3 N–H and O–H groups in total. The van der Waals surface area contributed by atoms with Gasteiger partial charge in [0.25, 0.3) is 0 Å². The summed E-state index contributed by atoms with van der Waals surface area (Å²) in [5.41, 5.74) is 6.67. The van der Waals surface area contributed by atoms with Crippen molar-refractivity contribution in [1.29, 1.82) is 0 Å². The zero-order chi connectivity index (χ0) is 15.4. The summed E-state index contributed by atoms with van der Waals surface area (Å²) in [7, 11) is 0. The molecule has 0 saturated heterocycles. The van der Waals surface area contributed by atoms with Crippen molar-refractivity contribution in [3.63, 3.8) is 0 Å². The van der Waals surface area contributed by atoms with E-state index in [1.165, 1.54) is 12.1 Å². The third-order valence-corrected chi connectivity index (χ3v) is 3.57. The molecule has 110 valence electrons. The lowest BCUT2D eigenvalue weighted by Crippen LogP contribution is -2.15. The summed E-state index contributed by atoms with van der Waals surface area (Å²) in [6, 6.07) is 9.16. The highest BCUT2D eigenvalue weighted by molar-refractivity contribution is 9.10. The second-order valence-electron chi connectivity index (χ2n) is 4.15. The largest absolute Gasteiger partial charge is 0.488 e. The van der Waals surface area contributed by atoms with Crippen LogP contribution in [0.25, 0.3) is 0 Å². The van der Waals surface area contributed by atoms with Gasteiger partial charge in [0.1, 0.15) is 18.2 Å². The first-order valence-electron chi connectivity index (χ1n) is 5.85. The molecule has 0 atom stereocenters. The van der Waals surface area contributed by atoms with Crippen LogP contribution in [0.15, 0.2) is 46.0 Å². The predicted octanol–water partition coefficient (Wildman–Crippen LogP) is 3.92. The zero-order valence-electron chi connectivity index (χ0n) is 10.7. The second kappa shape index (κ2) is 6.78. The predicted molar refractivity (Wildman–Crippen MR) is 82.4 cm³/mol. The Morgan fingerprint density at radius 1 is 1.33 bits per heavy atom. The first-order valence-corrected chi connectivity index (χ1v) is 7.02. The number of amidine groups is 1. The van der Waals surface area contributed by atoms with Gasteiger partial charge in [0.2, 0.25) is 0 Å². The summed E-state index contributed by atoms with van der Waals surface area (Å²) in [5, 5.41) is 12.0. The van der Waals surface area contributed by atoms with E-state index in [-0.39, 0.29) is 17.5 Å². The van der Waals surface area contributed by atoms with Gasteiger partial charge >= 0.3 is 0 Å². The highest BCUT2D eigenvalue weighted by Crippen LogP contribution is 2.25. The van der Waals surface area contributed by atoms with E-state index in [0.717, 1.165) is 4.47 Å². The number of hydrogen-bond donors (Lipinski definition) is 2. The molecule has 2 aromatic carbocycles. The molecule has 2 aromatic rings. The summed E-state index contributed by atoms with van der Waals surface area (Å²) in [4.78, 5) is 0. The van der Waals surface area contributed by atoms with Crippen molar-refractivity contribution < 1.29 is 14.3 Å². The number of halogens is 3. The number of nitrogens with two attached hydrogens (primary N) is 1. The van der Waals surface area contributed by atoms with E-state index in [9.17, 15) is 4.39 Å².